The molecule has 1 heterocycles. The molecule has 1 amide bonds. The van der Waals surface area contributed by atoms with Crippen molar-refractivity contribution in [3.63, 3.8) is 0 Å². The Morgan fingerprint density at radius 3 is 2.57 bits per heavy atom. The minimum Gasteiger partial charge on any atom is -0.452 e. The second kappa shape index (κ2) is 7.69. The number of rotatable bonds is 4. The van der Waals surface area contributed by atoms with Crippen LogP contribution in [0.3, 0.4) is 0 Å². The average Bonchev–Trinajstić information content (AvgIpc) is 3.03. The van der Waals surface area contributed by atoms with Crippen molar-refractivity contribution < 1.29 is 27.5 Å². The minimum atomic E-state index is -4.61. The molecule has 6 nitrogen and oxygen atoms in total. The van der Waals surface area contributed by atoms with Crippen molar-refractivity contribution in [2.24, 2.45) is 0 Å². The average molecular weight is 432 g/mol. The maximum absolute atomic E-state index is 12.7. The van der Waals surface area contributed by atoms with E-state index in [1.54, 1.807) is 0 Å². The number of ether oxygens (including phenoxy) is 1. The Bertz CT molecular complexity index is 1070. The minimum absolute atomic E-state index is 0.0393. The number of nitrogens with zero attached hydrogens (tertiary/aromatic N) is 1. The SMILES string of the molecule is O=C(COC(=O)c1ccc(Cl)cc1Cl)Nc1ccc2nc(C(F)(F)F)[nH]c2c1. The summed E-state index contributed by atoms with van der Waals surface area (Å²) in [5.74, 6) is -2.65. The van der Waals surface area contributed by atoms with Gasteiger partial charge in [-0.2, -0.15) is 13.2 Å². The van der Waals surface area contributed by atoms with Crippen molar-refractivity contribution >= 4 is 51.8 Å². The fraction of sp³-hybridized carbons (Fsp3) is 0.118. The number of esters is 1. The first-order chi connectivity index (χ1) is 13.1. The number of carbonyl (C=O) groups excluding carboxylic acids is 2. The van der Waals surface area contributed by atoms with Crippen LogP contribution in [0, 0.1) is 0 Å². The number of amides is 1. The summed E-state index contributed by atoms with van der Waals surface area (Å²) < 4.78 is 42.9. The van der Waals surface area contributed by atoms with E-state index in [0.29, 0.717) is 5.02 Å². The van der Waals surface area contributed by atoms with Crippen LogP contribution in [0.4, 0.5) is 18.9 Å². The number of benzene rings is 2. The summed E-state index contributed by atoms with van der Waals surface area (Å²) in [5.41, 5.74) is 0.428. The molecule has 0 aliphatic heterocycles. The van der Waals surface area contributed by atoms with Crippen LogP contribution in [0.15, 0.2) is 36.4 Å². The van der Waals surface area contributed by atoms with Crippen LogP contribution in [0.25, 0.3) is 11.0 Å². The van der Waals surface area contributed by atoms with Gasteiger partial charge in [0.2, 0.25) is 5.82 Å². The van der Waals surface area contributed by atoms with Gasteiger partial charge in [0.05, 0.1) is 21.6 Å². The number of hydrogen-bond acceptors (Lipinski definition) is 4. The summed E-state index contributed by atoms with van der Waals surface area (Å²) in [6.45, 7) is -0.618. The Labute approximate surface area is 165 Å². The highest BCUT2D eigenvalue weighted by atomic mass is 35.5. The first kappa shape index (κ1) is 20.0. The van der Waals surface area contributed by atoms with Gasteiger partial charge < -0.3 is 15.0 Å². The van der Waals surface area contributed by atoms with Crippen molar-refractivity contribution in [2.45, 2.75) is 6.18 Å². The monoisotopic (exact) mass is 431 g/mol. The van der Waals surface area contributed by atoms with E-state index in [9.17, 15) is 22.8 Å². The zero-order chi connectivity index (χ0) is 20.5. The van der Waals surface area contributed by atoms with E-state index in [-0.39, 0.29) is 27.3 Å². The molecule has 0 saturated carbocycles. The molecular weight excluding hydrogens is 422 g/mol. The molecule has 3 rings (SSSR count). The van der Waals surface area contributed by atoms with E-state index < -0.39 is 30.5 Å². The van der Waals surface area contributed by atoms with Crippen LogP contribution in [0.2, 0.25) is 10.0 Å². The van der Waals surface area contributed by atoms with E-state index in [4.69, 9.17) is 27.9 Å². The summed E-state index contributed by atoms with van der Waals surface area (Å²) in [5, 5.41) is 2.82. The topological polar surface area (TPSA) is 84.1 Å². The molecule has 3 aromatic rings. The Morgan fingerprint density at radius 2 is 1.89 bits per heavy atom. The van der Waals surface area contributed by atoms with Crippen molar-refractivity contribution in [1.29, 1.82) is 0 Å². The fourth-order valence-electron chi connectivity index (χ4n) is 2.28. The molecule has 0 fully saturated rings. The molecule has 0 aliphatic carbocycles. The summed E-state index contributed by atoms with van der Waals surface area (Å²) in [4.78, 5) is 29.5. The number of halogens is 5. The van der Waals surface area contributed by atoms with Gasteiger partial charge in [-0.15, -0.1) is 0 Å². The molecule has 0 saturated heterocycles. The van der Waals surface area contributed by atoms with Gasteiger partial charge in [-0.3, -0.25) is 4.79 Å². The Hall–Kier alpha value is -2.78. The zero-order valence-electron chi connectivity index (χ0n) is 13.7. The maximum atomic E-state index is 12.7. The van der Waals surface area contributed by atoms with Crippen molar-refractivity contribution in [3.8, 4) is 0 Å². The van der Waals surface area contributed by atoms with Gasteiger partial charge in [-0.05, 0) is 36.4 Å². The molecule has 2 aromatic carbocycles. The predicted octanol–water partition coefficient (Wildman–Crippen LogP) is 4.68. The third kappa shape index (κ3) is 4.55. The number of imidazole rings is 1. The maximum Gasteiger partial charge on any atom is 0.449 e. The molecule has 11 heteroatoms. The smallest absolute Gasteiger partial charge is 0.449 e. The lowest BCUT2D eigenvalue weighted by Crippen LogP contribution is -2.21. The second-order valence-corrected chi connectivity index (χ2v) is 6.41. The van der Waals surface area contributed by atoms with Crippen LogP contribution < -0.4 is 5.32 Å². The summed E-state index contributed by atoms with van der Waals surface area (Å²) in [7, 11) is 0. The molecule has 0 aliphatic rings. The number of nitrogens with one attached hydrogen (secondary N) is 2. The molecule has 28 heavy (non-hydrogen) atoms. The fourth-order valence-corrected chi connectivity index (χ4v) is 2.77. The molecule has 0 radical (unpaired) electrons. The lowest BCUT2D eigenvalue weighted by atomic mass is 10.2. The number of aromatic amines is 1. The van der Waals surface area contributed by atoms with Gasteiger partial charge in [0.15, 0.2) is 6.61 Å². The molecule has 0 spiro atoms. The third-order valence-electron chi connectivity index (χ3n) is 3.52. The first-order valence-corrected chi connectivity index (χ1v) is 8.38. The molecule has 1 aromatic heterocycles. The van der Waals surface area contributed by atoms with E-state index in [1.807, 2.05) is 0 Å². The summed E-state index contributed by atoms with van der Waals surface area (Å²) in [6, 6.07) is 8.13. The Balaban J connectivity index is 1.63. The van der Waals surface area contributed by atoms with Gasteiger partial charge >= 0.3 is 12.1 Å². The van der Waals surface area contributed by atoms with Gasteiger partial charge in [0.25, 0.3) is 5.91 Å². The van der Waals surface area contributed by atoms with Crippen LogP contribution in [0.1, 0.15) is 16.2 Å². The zero-order valence-corrected chi connectivity index (χ0v) is 15.2. The molecule has 0 atom stereocenters. The van der Waals surface area contributed by atoms with Gasteiger partial charge in [0.1, 0.15) is 0 Å². The second-order valence-electron chi connectivity index (χ2n) is 5.56. The normalized spacial score (nSPS) is 11.5. The van der Waals surface area contributed by atoms with Crippen LogP contribution >= 0.6 is 23.2 Å². The lowest BCUT2D eigenvalue weighted by Gasteiger charge is -2.08. The van der Waals surface area contributed by atoms with Crippen LogP contribution in [0.5, 0.6) is 0 Å². The van der Waals surface area contributed by atoms with Crippen molar-refractivity contribution in [1.82, 2.24) is 9.97 Å². The van der Waals surface area contributed by atoms with Crippen molar-refractivity contribution in [3.05, 3.63) is 57.8 Å². The van der Waals surface area contributed by atoms with Crippen LogP contribution in [-0.4, -0.2) is 28.5 Å². The molecule has 0 bridgehead atoms. The van der Waals surface area contributed by atoms with Gasteiger partial charge in [-0.25, -0.2) is 9.78 Å². The van der Waals surface area contributed by atoms with E-state index in [2.05, 4.69) is 15.3 Å². The van der Waals surface area contributed by atoms with Crippen LogP contribution in [-0.2, 0) is 15.7 Å². The summed E-state index contributed by atoms with van der Waals surface area (Å²) >= 11 is 11.6. The lowest BCUT2D eigenvalue weighted by molar-refractivity contribution is -0.144. The largest absolute Gasteiger partial charge is 0.452 e. The number of alkyl halides is 3. The van der Waals surface area contributed by atoms with E-state index >= 15 is 0 Å². The highest BCUT2D eigenvalue weighted by molar-refractivity contribution is 6.36. The standard InChI is InChI=1S/C17H10Cl2F3N3O3/c18-8-1-3-10(11(19)5-8)15(27)28-7-14(26)23-9-2-4-12-13(6-9)25-16(24-12)17(20,21)22/h1-6H,7H2,(H,23,26)(H,24,25). The molecular formula is C17H10Cl2F3N3O3. The molecule has 0 unspecified atom stereocenters. The van der Waals surface area contributed by atoms with Crippen molar-refractivity contribution in [2.75, 3.05) is 11.9 Å². The van der Waals surface area contributed by atoms with E-state index in [0.717, 1.165) is 0 Å². The first-order valence-electron chi connectivity index (χ1n) is 7.62. The summed E-state index contributed by atoms with van der Waals surface area (Å²) in [6.07, 6.45) is -4.61. The Morgan fingerprint density at radius 1 is 1.14 bits per heavy atom. The predicted molar refractivity (Wildman–Crippen MR) is 96.5 cm³/mol. The number of carbonyl (C=O) groups is 2. The number of aromatic nitrogens is 2. The van der Waals surface area contributed by atoms with E-state index in [1.165, 1.54) is 36.4 Å². The molecule has 2 N–H and O–H groups in total. The highest BCUT2D eigenvalue weighted by Crippen LogP contribution is 2.29. The quantitative estimate of drug-likeness (QED) is 0.587. The number of hydrogen-bond donors (Lipinski definition) is 2. The Kier molecular flexibility index (Phi) is 5.48. The van der Waals surface area contributed by atoms with Gasteiger partial charge in [0, 0.05) is 10.7 Å². The number of H-pyrrole nitrogens is 1. The molecule has 146 valence electrons. The number of fused-ring (bicyclic) bond motifs is 1. The number of anilines is 1. The van der Waals surface area contributed by atoms with Gasteiger partial charge in [-0.1, -0.05) is 23.2 Å². The highest BCUT2D eigenvalue weighted by Gasteiger charge is 2.34. The third-order valence-corrected chi connectivity index (χ3v) is 4.07.